The van der Waals surface area contributed by atoms with Gasteiger partial charge in [0, 0.05) is 19.2 Å². The molecule has 0 aromatic heterocycles. The van der Waals surface area contributed by atoms with Gasteiger partial charge in [-0.25, -0.2) is 12.8 Å². The van der Waals surface area contributed by atoms with Gasteiger partial charge in [-0.3, -0.25) is 9.52 Å². The van der Waals surface area contributed by atoms with Crippen LogP contribution in [0.15, 0.2) is 41.3 Å². The molecule has 0 aliphatic heterocycles. The molecule has 0 atom stereocenters. The lowest BCUT2D eigenvalue weighted by Gasteiger charge is -2.22. The smallest absolute Gasteiger partial charge is 0.262 e. The third-order valence-electron chi connectivity index (χ3n) is 5.64. The third-order valence-corrected chi connectivity index (χ3v) is 6.98. The number of halogens is 1. The molecule has 0 saturated heterocycles. The molecule has 0 radical (unpaired) electrons. The minimum Gasteiger partial charge on any atom is -0.493 e. The van der Waals surface area contributed by atoms with Crippen molar-refractivity contribution in [2.75, 3.05) is 32.1 Å². The van der Waals surface area contributed by atoms with Crippen molar-refractivity contribution in [3.63, 3.8) is 0 Å². The quantitative estimate of drug-likeness (QED) is 0.456. The molecule has 186 valence electrons. The summed E-state index contributed by atoms with van der Waals surface area (Å²) in [7, 11) is -1.52. The van der Waals surface area contributed by atoms with E-state index in [9.17, 15) is 17.6 Å². The summed E-state index contributed by atoms with van der Waals surface area (Å²) in [4.78, 5) is 12.6. The van der Waals surface area contributed by atoms with Crippen LogP contribution in [0.5, 0.6) is 11.5 Å². The lowest BCUT2D eigenvalue weighted by Crippen LogP contribution is -2.27. The summed E-state index contributed by atoms with van der Waals surface area (Å²) in [5.41, 5.74) is -0.217. The fourth-order valence-corrected chi connectivity index (χ4v) is 4.97. The SMILES string of the molecule is COc1cc(S(=O)(=O)Nc2ccccc2F)cc(C(=O)NCCCOC2CCCCC2)c1OC. The van der Waals surface area contributed by atoms with Crippen molar-refractivity contribution in [1.29, 1.82) is 0 Å². The summed E-state index contributed by atoms with van der Waals surface area (Å²) < 4.78 is 58.5. The average Bonchev–Trinajstić information content (AvgIpc) is 2.84. The lowest BCUT2D eigenvalue weighted by molar-refractivity contribution is 0.0273. The van der Waals surface area contributed by atoms with E-state index in [1.54, 1.807) is 0 Å². The first-order valence-electron chi connectivity index (χ1n) is 11.3. The van der Waals surface area contributed by atoms with Crippen LogP contribution in [0.2, 0.25) is 0 Å². The van der Waals surface area contributed by atoms with Crippen molar-refractivity contribution < 1.29 is 31.8 Å². The number of amides is 1. The average molecular weight is 495 g/mol. The van der Waals surface area contributed by atoms with E-state index < -0.39 is 21.7 Å². The highest BCUT2D eigenvalue weighted by Crippen LogP contribution is 2.35. The van der Waals surface area contributed by atoms with E-state index in [0.717, 1.165) is 18.9 Å². The van der Waals surface area contributed by atoms with Gasteiger partial charge in [0.2, 0.25) is 0 Å². The molecule has 2 N–H and O–H groups in total. The van der Waals surface area contributed by atoms with Gasteiger partial charge in [0.1, 0.15) is 5.82 Å². The van der Waals surface area contributed by atoms with Crippen molar-refractivity contribution in [3.8, 4) is 11.5 Å². The van der Waals surface area contributed by atoms with E-state index in [-0.39, 0.29) is 33.7 Å². The van der Waals surface area contributed by atoms with Crippen molar-refractivity contribution in [1.82, 2.24) is 5.32 Å². The van der Waals surface area contributed by atoms with Crippen molar-refractivity contribution in [3.05, 3.63) is 47.8 Å². The van der Waals surface area contributed by atoms with Crippen LogP contribution in [-0.2, 0) is 14.8 Å². The summed E-state index contributed by atoms with van der Waals surface area (Å²) in [6, 6.07) is 7.80. The van der Waals surface area contributed by atoms with Crippen molar-refractivity contribution >= 4 is 21.6 Å². The fourth-order valence-electron chi connectivity index (χ4n) is 3.86. The van der Waals surface area contributed by atoms with Gasteiger partial charge >= 0.3 is 0 Å². The Hall–Kier alpha value is -2.85. The zero-order valence-electron chi connectivity index (χ0n) is 19.4. The van der Waals surface area contributed by atoms with Crippen LogP contribution in [0, 0.1) is 5.82 Å². The number of ether oxygens (including phenoxy) is 3. The topological polar surface area (TPSA) is 103 Å². The number of nitrogens with one attached hydrogen (secondary N) is 2. The zero-order valence-corrected chi connectivity index (χ0v) is 20.3. The molecule has 0 spiro atoms. The number of carbonyl (C=O) groups excluding carboxylic acids is 1. The van der Waals surface area contributed by atoms with Gasteiger partial charge in [-0.15, -0.1) is 0 Å². The van der Waals surface area contributed by atoms with Crippen LogP contribution < -0.4 is 19.5 Å². The number of methoxy groups -OCH3 is 2. The van der Waals surface area contributed by atoms with E-state index in [1.807, 2.05) is 0 Å². The zero-order chi connectivity index (χ0) is 24.6. The summed E-state index contributed by atoms with van der Waals surface area (Å²) in [6.07, 6.45) is 6.69. The van der Waals surface area contributed by atoms with Gasteiger partial charge in [0.25, 0.3) is 15.9 Å². The molecule has 0 bridgehead atoms. The molecule has 10 heteroatoms. The standard InChI is InChI=1S/C24H31FN2O6S/c1-31-22-16-18(34(29,30)27-21-12-7-6-11-20(21)25)15-19(23(22)32-2)24(28)26-13-8-14-33-17-9-4-3-5-10-17/h6-7,11-12,15-17,27H,3-5,8-10,13-14H2,1-2H3,(H,26,28). The second-order valence-electron chi connectivity index (χ2n) is 8.03. The minimum absolute atomic E-state index is 0.0102. The van der Waals surface area contributed by atoms with Crippen LogP contribution in [-0.4, -0.2) is 47.8 Å². The summed E-state index contributed by atoms with van der Waals surface area (Å²) in [6.45, 7) is 0.883. The van der Waals surface area contributed by atoms with Gasteiger partial charge < -0.3 is 19.5 Å². The number of benzene rings is 2. The van der Waals surface area contributed by atoms with E-state index >= 15 is 0 Å². The van der Waals surface area contributed by atoms with E-state index in [2.05, 4.69) is 10.0 Å². The summed E-state index contributed by atoms with van der Waals surface area (Å²) >= 11 is 0. The van der Waals surface area contributed by atoms with E-state index in [1.165, 1.54) is 63.8 Å². The Bertz CT molecular complexity index is 1090. The highest BCUT2D eigenvalue weighted by Gasteiger charge is 2.25. The van der Waals surface area contributed by atoms with Gasteiger partial charge in [0.15, 0.2) is 11.5 Å². The maximum absolute atomic E-state index is 14.0. The maximum atomic E-state index is 14.0. The van der Waals surface area contributed by atoms with Crippen LogP contribution in [0.4, 0.5) is 10.1 Å². The first-order chi connectivity index (χ1) is 16.4. The van der Waals surface area contributed by atoms with Crippen molar-refractivity contribution in [2.45, 2.75) is 49.5 Å². The van der Waals surface area contributed by atoms with Crippen LogP contribution >= 0.6 is 0 Å². The predicted octanol–water partition coefficient (Wildman–Crippen LogP) is 4.11. The van der Waals surface area contributed by atoms with Gasteiger partial charge in [-0.05, 0) is 37.5 Å². The number of hydrogen-bond acceptors (Lipinski definition) is 6. The molecule has 2 aromatic carbocycles. The largest absolute Gasteiger partial charge is 0.493 e. The Morgan fingerprint density at radius 1 is 1.09 bits per heavy atom. The fraction of sp³-hybridized carbons (Fsp3) is 0.458. The molecule has 0 unspecified atom stereocenters. The molecule has 1 fully saturated rings. The Morgan fingerprint density at radius 3 is 2.50 bits per heavy atom. The molecule has 2 aromatic rings. The van der Waals surface area contributed by atoms with E-state index in [0.29, 0.717) is 19.6 Å². The number of hydrogen-bond donors (Lipinski definition) is 2. The molecular weight excluding hydrogens is 463 g/mol. The second-order valence-corrected chi connectivity index (χ2v) is 9.71. The normalized spacial score (nSPS) is 14.4. The van der Waals surface area contributed by atoms with Crippen LogP contribution in [0.3, 0.4) is 0 Å². The maximum Gasteiger partial charge on any atom is 0.262 e. The number of para-hydroxylation sites is 1. The number of anilines is 1. The predicted molar refractivity (Wildman–Crippen MR) is 127 cm³/mol. The Morgan fingerprint density at radius 2 is 1.82 bits per heavy atom. The van der Waals surface area contributed by atoms with Crippen LogP contribution in [0.1, 0.15) is 48.9 Å². The number of sulfonamides is 1. The van der Waals surface area contributed by atoms with Crippen molar-refractivity contribution in [2.24, 2.45) is 0 Å². The molecule has 0 heterocycles. The molecule has 3 rings (SSSR count). The summed E-state index contributed by atoms with van der Waals surface area (Å²) in [5, 5.41) is 2.77. The lowest BCUT2D eigenvalue weighted by atomic mass is 9.98. The number of rotatable bonds is 11. The second kappa shape index (κ2) is 12.0. The Labute approximate surface area is 199 Å². The molecule has 1 aliphatic rings. The van der Waals surface area contributed by atoms with Gasteiger partial charge in [0.05, 0.1) is 36.5 Å². The molecule has 1 aliphatic carbocycles. The Balaban J connectivity index is 1.72. The van der Waals surface area contributed by atoms with E-state index in [4.69, 9.17) is 14.2 Å². The van der Waals surface area contributed by atoms with Gasteiger partial charge in [-0.1, -0.05) is 31.4 Å². The van der Waals surface area contributed by atoms with Crippen LogP contribution in [0.25, 0.3) is 0 Å². The Kier molecular flexibility index (Phi) is 9.12. The minimum atomic E-state index is -4.22. The first kappa shape index (κ1) is 25.8. The first-order valence-corrected chi connectivity index (χ1v) is 12.8. The number of carbonyl (C=O) groups is 1. The third kappa shape index (κ3) is 6.60. The van der Waals surface area contributed by atoms with Gasteiger partial charge in [-0.2, -0.15) is 0 Å². The highest BCUT2D eigenvalue weighted by molar-refractivity contribution is 7.92. The molecule has 1 saturated carbocycles. The molecular formula is C24H31FN2O6S. The summed E-state index contributed by atoms with van der Waals surface area (Å²) in [5.74, 6) is -1.08. The molecule has 34 heavy (non-hydrogen) atoms. The molecule has 1 amide bonds. The monoisotopic (exact) mass is 494 g/mol. The highest BCUT2D eigenvalue weighted by atomic mass is 32.2. The molecule has 8 nitrogen and oxygen atoms in total.